The van der Waals surface area contributed by atoms with Gasteiger partial charge in [-0.15, -0.1) is 11.6 Å². The molecule has 0 radical (unpaired) electrons. The first kappa shape index (κ1) is 11.6. The number of alkyl halides is 1. The van der Waals surface area contributed by atoms with Crippen LogP contribution in [-0.2, 0) is 12.8 Å². The van der Waals surface area contributed by atoms with Crippen LogP contribution in [0.1, 0.15) is 37.9 Å². The fourth-order valence-corrected chi connectivity index (χ4v) is 2.05. The molecule has 2 rings (SSSR count). The largest absolute Gasteiger partial charge is 0.364 e. The van der Waals surface area contributed by atoms with Gasteiger partial charge in [0.1, 0.15) is 12.1 Å². The Bertz CT molecular complexity index is 377. The number of halogens is 1. The second kappa shape index (κ2) is 4.58. The maximum absolute atomic E-state index is 5.92. The van der Waals surface area contributed by atoms with Gasteiger partial charge in [-0.2, -0.15) is 0 Å². The van der Waals surface area contributed by atoms with Gasteiger partial charge in [0.25, 0.3) is 0 Å². The Balaban J connectivity index is 2.27. The van der Waals surface area contributed by atoms with Crippen LogP contribution in [0.25, 0.3) is 0 Å². The van der Waals surface area contributed by atoms with E-state index in [1.807, 2.05) is 0 Å². The van der Waals surface area contributed by atoms with Crippen LogP contribution in [0.3, 0.4) is 0 Å². The Morgan fingerprint density at radius 3 is 2.81 bits per heavy atom. The highest BCUT2D eigenvalue weighted by molar-refractivity contribution is 6.18. The van der Waals surface area contributed by atoms with Crippen LogP contribution in [0.5, 0.6) is 0 Å². The summed E-state index contributed by atoms with van der Waals surface area (Å²) in [5.74, 6) is 1.53. The zero-order valence-electron chi connectivity index (χ0n) is 9.89. The lowest BCUT2D eigenvalue weighted by atomic mass is 9.96. The van der Waals surface area contributed by atoms with Crippen molar-refractivity contribution in [3.05, 3.63) is 17.6 Å². The van der Waals surface area contributed by atoms with E-state index in [0.29, 0.717) is 5.88 Å². The van der Waals surface area contributed by atoms with E-state index in [9.17, 15) is 0 Å². The van der Waals surface area contributed by atoms with Crippen LogP contribution in [0.2, 0.25) is 0 Å². The van der Waals surface area contributed by atoms with Crippen LogP contribution in [0.15, 0.2) is 6.33 Å². The van der Waals surface area contributed by atoms with Crippen molar-refractivity contribution in [2.75, 3.05) is 11.2 Å². The summed E-state index contributed by atoms with van der Waals surface area (Å²) in [7, 11) is 0. The molecular formula is C12H18ClN3. The van der Waals surface area contributed by atoms with Gasteiger partial charge in [0.15, 0.2) is 0 Å². The second-order valence-corrected chi connectivity index (χ2v) is 5.26. The molecule has 1 aliphatic carbocycles. The standard InChI is InChI=1S/C12H18ClN3/c1-12(2,7-13)16-11-9-5-3-4-6-10(9)14-8-15-11/h8H,3-7H2,1-2H3,(H,14,15,16). The van der Waals surface area contributed by atoms with E-state index in [0.717, 1.165) is 18.7 Å². The Labute approximate surface area is 102 Å². The molecule has 0 spiro atoms. The Morgan fingerprint density at radius 1 is 1.31 bits per heavy atom. The Morgan fingerprint density at radius 2 is 2.06 bits per heavy atom. The van der Waals surface area contributed by atoms with E-state index in [2.05, 4.69) is 29.1 Å². The average molecular weight is 240 g/mol. The van der Waals surface area contributed by atoms with Crippen molar-refractivity contribution in [1.82, 2.24) is 9.97 Å². The third-order valence-corrected chi connectivity index (χ3v) is 3.58. The van der Waals surface area contributed by atoms with Crippen molar-refractivity contribution in [2.45, 2.75) is 45.1 Å². The molecule has 16 heavy (non-hydrogen) atoms. The molecule has 1 N–H and O–H groups in total. The molecule has 1 aliphatic rings. The van der Waals surface area contributed by atoms with Gasteiger partial charge in [-0.25, -0.2) is 9.97 Å². The molecule has 88 valence electrons. The molecular weight excluding hydrogens is 222 g/mol. The number of aryl methyl sites for hydroxylation is 1. The molecule has 0 bridgehead atoms. The minimum absolute atomic E-state index is 0.124. The number of fused-ring (bicyclic) bond motifs is 1. The highest BCUT2D eigenvalue weighted by atomic mass is 35.5. The number of nitrogens with zero attached hydrogens (tertiary/aromatic N) is 2. The molecule has 0 aromatic carbocycles. The van der Waals surface area contributed by atoms with Crippen LogP contribution in [0, 0.1) is 0 Å². The van der Waals surface area contributed by atoms with Crippen molar-refractivity contribution < 1.29 is 0 Å². The monoisotopic (exact) mass is 239 g/mol. The van der Waals surface area contributed by atoms with Crippen molar-refractivity contribution in [1.29, 1.82) is 0 Å². The van der Waals surface area contributed by atoms with Gasteiger partial charge >= 0.3 is 0 Å². The molecule has 0 saturated heterocycles. The number of aromatic nitrogens is 2. The first-order valence-corrected chi connectivity index (χ1v) is 6.33. The van der Waals surface area contributed by atoms with E-state index < -0.39 is 0 Å². The lowest BCUT2D eigenvalue weighted by Crippen LogP contribution is -2.34. The zero-order chi connectivity index (χ0) is 11.6. The molecule has 0 saturated carbocycles. The molecule has 0 unspecified atom stereocenters. The Hall–Kier alpha value is -0.830. The molecule has 4 heteroatoms. The van der Waals surface area contributed by atoms with E-state index in [1.54, 1.807) is 6.33 Å². The first-order valence-electron chi connectivity index (χ1n) is 5.79. The molecule has 0 amide bonds. The number of nitrogens with one attached hydrogen (secondary N) is 1. The molecule has 1 aromatic heterocycles. The van der Waals surface area contributed by atoms with Crippen molar-refractivity contribution >= 4 is 17.4 Å². The SMILES string of the molecule is CC(C)(CCl)Nc1ncnc2c1CCCC2. The minimum Gasteiger partial charge on any atom is -0.364 e. The second-order valence-electron chi connectivity index (χ2n) is 5.00. The highest BCUT2D eigenvalue weighted by Gasteiger charge is 2.21. The number of hydrogen-bond acceptors (Lipinski definition) is 3. The topological polar surface area (TPSA) is 37.8 Å². The van der Waals surface area contributed by atoms with Crippen LogP contribution >= 0.6 is 11.6 Å². The van der Waals surface area contributed by atoms with Gasteiger partial charge in [0.05, 0.1) is 0 Å². The summed E-state index contributed by atoms with van der Waals surface area (Å²) in [5, 5.41) is 3.41. The van der Waals surface area contributed by atoms with Crippen LogP contribution in [-0.4, -0.2) is 21.4 Å². The van der Waals surface area contributed by atoms with Crippen molar-refractivity contribution in [2.24, 2.45) is 0 Å². The normalized spacial score (nSPS) is 15.7. The number of anilines is 1. The maximum atomic E-state index is 5.92. The molecule has 0 atom stereocenters. The van der Waals surface area contributed by atoms with E-state index >= 15 is 0 Å². The average Bonchev–Trinajstić information content (AvgIpc) is 2.29. The quantitative estimate of drug-likeness (QED) is 0.825. The predicted octanol–water partition coefficient (Wildman–Crippen LogP) is 2.78. The molecule has 1 heterocycles. The minimum atomic E-state index is -0.124. The smallest absolute Gasteiger partial charge is 0.133 e. The van der Waals surface area contributed by atoms with Crippen molar-refractivity contribution in [3.63, 3.8) is 0 Å². The highest BCUT2D eigenvalue weighted by Crippen LogP contribution is 2.26. The van der Waals surface area contributed by atoms with Gasteiger partial charge in [0, 0.05) is 22.7 Å². The van der Waals surface area contributed by atoms with Gasteiger partial charge < -0.3 is 5.32 Å². The van der Waals surface area contributed by atoms with Gasteiger partial charge in [-0.1, -0.05) is 0 Å². The zero-order valence-corrected chi connectivity index (χ0v) is 10.6. The predicted molar refractivity (Wildman–Crippen MR) is 67.1 cm³/mol. The number of rotatable bonds is 3. The fourth-order valence-electron chi connectivity index (χ4n) is 1.98. The molecule has 1 aromatic rings. The molecule has 0 fully saturated rings. The van der Waals surface area contributed by atoms with E-state index in [1.165, 1.54) is 24.1 Å². The summed E-state index contributed by atoms with van der Waals surface area (Å²) < 4.78 is 0. The van der Waals surface area contributed by atoms with Crippen LogP contribution in [0.4, 0.5) is 5.82 Å². The Kier molecular flexibility index (Phi) is 3.33. The van der Waals surface area contributed by atoms with Crippen LogP contribution < -0.4 is 5.32 Å². The maximum Gasteiger partial charge on any atom is 0.133 e. The van der Waals surface area contributed by atoms with Crippen molar-refractivity contribution in [3.8, 4) is 0 Å². The summed E-state index contributed by atoms with van der Waals surface area (Å²) in [6, 6.07) is 0. The summed E-state index contributed by atoms with van der Waals surface area (Å²) >= 11 is 5.92. The lowest BCUT2D eigenvalue weighted by Gasteiger charge is -2.27. The first-order chi connectivity index (χ1) is 7.62. The van der Waals surface area contributed by atoms with E-state index in [4.69, 9.17) is 11.6 Å². The third-order valence-electron chi connectivity index (χ3n) is 2.92. The third kappa shape index (κ3) is 2.46. The summed E-state index contributed by atoms with van der Waals surface area (Å²) in [6.07, 6.45) is 6.28. The lowest BCUT2D eigenvalue weighted by molar-refractivity contribution is 0.622. The molecule has 0 aliphatic heterocycles. The van der Waals surface area contributed by atoms with Gasteiger partial charge in [-0.05, 0) is 39.5 Å². The van der Waals surface area contributed by atoms with Gasteiger partial charge in [0.2, 0.25) is 0 Å². The number of hydrogen-bond donors (Lipinski definition) is 1. The summed E-state index contributed by atoms with van der Waals surface area (Å²) in [6.45, 7) is 4.16. The molecule has 3 nitrogen and oxygen atoms in total. The van der Waals surface area contributed by atoms with E-state index in [-0.39, 0.29) is 5.54 Å². The summed E-state index contributed by atoms with van der Waals surface area (Å²) in [4.78, 5) is 8.70. The summed E-state index contributed by atoms with van der Waals surface area (Å²) in [5.41, 5.74) is 2.36. The fraction of sp³-hybridized carbons (Fsp3) is 0.667. The van der Waals surface area contributed by atoms with Gasteiger partial charge in [-0.3, -0.25) is 0 Å².